The lowest BCUT2D eigenvalue weighted by Crippen LogP contribution is -2.42. The molecule has 1 fully saturated rings. The smallest absolute Gasteiger partial charge is 0.356 e. The monoisotopic (exact) mass is 278 g/mol. The van der Waals surface area contributed by atoms with E-state index in [9.17, 15) is 4.79 Å². The van der Waals surface area contributed by atoms with E-state index in [1.54, 1.807) is 12.1 Å². The third kappa shape index (κ3) is 3.01. The van der Waals surface area contributed by atoms with Gasteiger partial charge in [0.15, 0.2) is 11.5 Å². The Morgan fingerprint density at radius 2 is 2.05 bits per heavy atom. The lowest BCUT2D eigenvalue weighted by atomic mass is 10.0. The molecule has 1 aliphatic heterocycles. The van der Waals surface area contributed by atoms with Gasteiger partial charge in [-0.1, -0.05) is 0 Å². The van der Waals surface area contributed by atoms with Crippen LogP contribution in [-0.4, -0.2) is 56.2 Å². The fourth-order valence-electron chi connectivity index (χ4n) is 2.52. The number of rotatable bonds is 3. The van der Waals surface area contributed by atoms with E-state index in [4.69, 9.17) is 10.5 Å². The third-order valence-corrected chi connectivity index (χ3v) is 3.79. The maximum Gasteiger partial charge on any atom is 0.356 e. The molecule has 0 radical (unpaired) electrons. The first-order valence-electron chi connectivity index (χ1n) is 6.79. The zero-order chi connectivity index (χ0) is 14.7. The van der Waals surface area contributed by atoms with Crippen molar-refractivity contribution in [1.29, 1.82) is 0 Å². The van der Waals surface area contributed by atoms with E-state index < -0.39 is 5.97 Å². The molecular formula is C14H22N4O2. The first-order chi connectivity index (χ1) is 9.52. The lowest BCUT2D eigenvalue weighted by Gasteiger charge is -2.36. The number of pyridine rings is 1. The molecule has 2 heterocycles. The van der Waals surface area contributed by atoms with E-state index in [0.29, 0.717) is 23.2 Å². The quantitative estimate of drug-likeness (QED) is 0.831. The number of hydrogen-bond acceptors (Lipinski definition) is 6. The molecule has 20 heavy (non-hydrogen) atoms. The van der Waals surface area contributed by atoms with Crippen molar-refractivity contribution in [2.24, 2.45) is 0 Å². The summed E-state index contributed by atoms with van der Waals surface area (Å²) in [5.74, 6) is 0.250. The van der Waals surface area contributed by atoms with Gasteiger partial charge in [0.1, 0.15) is 0 Å². The predicted molar refractivity (Wildman–Crippen MR) is 78.9 cm³/mol. The molecule has 1 saturated heterocycles. The number of anilines is 2. The van der Waals surface area contributed by atoms with E-state index in [1.165, 1.54) is 7.11 Å². The van der Waals surface area contributed by atoms with Crippen molar-refractivity contribution in [2.45, 2.75) is 18.9 Å². The Morgan fingerprint density at radius 1 is 1.40 bits per heavy atom. The van der Waals surface area contributed by atoms with E-state index in [-0.39, 0.29) is 0 Å². The van der Waals surface area contributed by atoms with Crippen molar-refractivity contribution in [2.75, 3.05) is 44.9 Å². The van der Waals surface area contributed by atoms with Gasteiger partial charge in [-0.15, -0.1) is 0 Å². The first kappa shape index (κ1) is 14.6. The zero-order valence-corrected chi connectivity index (χ0v) is 12.3. The molecule has 6 nitrogen and oxygen atoms in total. The number of piperidine rings is 1. The average Bonchev–Trinajstić information content (AvgIpc) is 2.47. The minimum absolute atomic E-state index is 0.298. The molecular weight excluding hydrogens is 256 g/mol. The molecule has 0 amide bonds. The standard InChI is InChI=1S/C14H22N4O2/c1-17(2)10-6-8-18(9-7-10)13-11(15)4-5-12(16-13)14(19)20-3/h4-5,10H,6-9,15H2,1-3H3. The number of ether oxygens (including phenoxy) is 1. The molecule has 0 aliphatic carbocycles. The molecule has 0 bridgehead atoms. The second-order valence-corrected chi connectivity index (χ2v) is 5.28. The molecule has 0 spiro atoms. The maximum atomic E-state index is 11.6. The van der Waals surface area contributed by atoms with Crippen LogP contribution in [0, 0.1) is 0 Å². The fraction of sp³-hybridized carbons (Fsp3) is 0.571. The van der Waals surface area contributed by atoms with Crippen molar-refractivity contribution in [3.05, 3.63) is 17.8 Å². The minimum Gasteiger partial charge on any atom is -0.464 e. The summed E-state index contributed by atoms with van der Waals surface area (Å²) in [6.07, 6.45) is 2.13. The van der Waals surface area contributed by atoms with Crippen LogP contribution in [-0.2, 0) is 4.74 Å². The fourth-order valence-corrected chi connectivity index (χ4v) is 2.52. The molecule has 6 heteroatoms. The van der Waals surface area contributed by atoms with Gasteiger partial charge in [-0.2, -0.15) is 0 Å². The van der Waals surface area contributed by atoms with Crippen molar-refractivity contribution in [3.63, 3.8) is 0 Å². The van der Waals surface area contributed by atoms with Crippen molar-refractivity contribution in [1.82, 2.24) is 9.88 Å². The molecule has 1 aromatic rings. The summed E-state index contributed by atoms with van der Waals surface area (Å²) in [5.41, 5.74) is 6.89. The van der Waals surface area contributed by atoms with Gasteiger partial charge in [0, 0.05) is 19.1 Å². The molecule has 1 aliphatic rings. The van der Waals surface area contributed by atoms with Gasteiger partial charge in [0.05, 0.1) is 12.8 Å². The Labute approximate surface area is 119 Å². The largest absolute Gasteiger partial charge is 0.464 e. The highest BCUT2D eigenvalue weighted by Gasteiger charge is 2.23. The highest BCUT2D eigenvalue weighted by atomic mass is 16.5. The van der Waals surface area contributed by atoms with Crippen molar-refractivity contribution in [3.8, 4) is 0 Å². The highest BCUT2D eigenvalue weighted by molar-refractivity contribution is 5.88. The summed E-state index contributed by atoms with van der Waals surface area (Å²) < 4.78 is 4.70. The second-order valence-electron chi connectivity index (χ2n) is 5.28. The summed E-state index contributed by atoms with van der Waals surface area (Å²) in [5, 5.41) is 0. The van der Waals surface area contributed by atoms with E-state index in [2.05, 4.69) is 28.9 Å². The number of nitrogens with zero attached hydrogens (tertiary/aromatic N) is 3. The summed E-state index contributed by atoms with van der Waals surface area (Å²) in [4.78, 5) is 20.3. The SMILES string of the molecule is COC(=O)c1ccc(N)c(N2CCC(N(C)C)CC2)n1. The molecule has 0 aromatic carbocycles. The summed E-state index contributed by atoms with van der Waals surface area (Å²) >= 11 is 0. The molecule has 0 unspecified atom stereocenters. The Bertz CT molecular complexity index is 482. The van der Waals surface area contributed by atoms with Crippen molar-refractivity contribution < 1.29 is 9.53 Å². The van der Waals surface area contributed by atoms with Crippen LogP contribution >= 0.6 is 0 Å². The topological polar surface area (TPSA) is 71.7 Å². The molecule has 2 N–H and O–H groups in total. The Kier molecular flexibility index (Phi) is 4.44. The number of carbonyl (C=O) groups excluding carboxylic acids is 1. The van der Waals surface area contributed by atoms with Crippen LogP contribution in [0.2, 0.25) is 0 Å². The molecule has 2 rings (SSSR count). The van der Waals surface area contributed by atoms with Crippen molar-refractivity contribution >= 4 is 17.5 Å². The summed E-state index contributed by atoms with van der Waals surface area (Å²) in [6, 6.07) is 3.90. The molecule has 0 atom stereocenters. The number of hydrogen-bond donors (Lipinski definition) is 1. The first-order valence-corrected chi connectivity index (χ1v) is 6.79. The normalized spacial score (nSPS) is 16.5. The average molecular weight is 278 g/mol. The van der Waals surface area contributed by atoms with E-state index in [0.717, 1.165) is 25.9 Å². The van der Waals surface area contributed by atoms with Gasteiger partial charge < -0.3 is 20.3 Å². The van der Waals surface area contributed by atoms with Crippen LogP contribution in [0.5, 0.6) is 0 Å². The van der Waals surface area contributed by atoms with E-state index in [1.807, 2.05) is 0 Å². The van der Waals surface area contributed by atoms with Gasteiger partial charge in [-0.05, 0) is 39.1 Å². The van der Waals surface area contributed by atoms with Gasteiger partial charge in [-0.3, -0.25) is 0 Å². The molecule has 1 aromatic heterocycles. The lowest BCUT2D eigenvalue weighted by molar-refractivity contribution is 0.0594. The van der Waals surface area contributed by atoms with Gasteiger partial charge in [-0.25, -0.2) is 9.78 Å². The predicted octanol–water partition coefficient (Wildman–Crippen LogP) is 0.981. The summed E-state index contributed by atoms with van der Waals surface area (Å²) in [7, 11) is 5.55. The van der Waals surface area contributed by atoms with Crippen LogP contribution < -0.4 is 10.6 Å². The summed E-state index contributed by atoms with van der Waals surface area (Å²) in [6.45, 7) is 1.79. The van der Waals surface area contributed by atoms with Gasteiger partial charge >= 0.3 is 5.97 Å². The maximum absolute atomic E-state index is 11.6. The number of carbonyl (C=O) groups is 1. The highest BCUT2D eigenvalue weighted by Crippen LogP contribution is 2.25. The van der Waals surface area contributed by atoms with Gasteiger partial charge in [0.25, 0.3) is 0 Å². The van der Waals surface area contributed by atoms with Crippen LogP contribution in [0.25, 0.3) is 0 Å². The number of methoxy groups -OCH3 is 1. The third-order valence-electron chi connectivity index (χ3n) is 3.79. The second kappa shape index (κ2) is 6.09. The number of nitrogen functional groups attached to an aromatic ring is 1. The number of nitrogens with two attached hydrogens (primary N) is 1. The van der Waals surface area contributed by atoms with E-state index >= 15 is 0 Å². The minimum atomic E-state index is -0.436. The molecule has 0 saturated carbocycles. The van der Waals surface area contributed by atoms with Crippen LogP contribution in [0.3, 0.4) is 0 Å². The van der Waals surface area contributed by atoms with Crippen LogP contribution in [0.4, 0.5) is 11.5 Å². The van der Waals surface area contributed by atoms with Gasteiger partial charge in [0.2, 0.25) is 0 Å². The Morgan fingerprint density at radius 3 is 2.60 bits per heavy atom. The van der Waals surface area contributed by atoms with Crippen LogP contribution in [0.1, 0.15) is 23.3 Å². The zero-order valence-electron chi connectivity index (χ0n) is 12.3. The number of aromatic nitrogens is 1. The number of esters is 1. The Balaban J connectivity index is 2.15. The van der Waals surface area contributed by atoms with Crippen LogP contribution in [0.15, 0.2) is 12.1 Å². The Hall–Kier alpha value is -1.82. The molecule has 110 valence electrons.